The molecule has 0 atom stereocenters. The van der Waals surface area contributed by atoms with Gasteiger partial charge in [0, 0.05) is 18.7 Å². The Morgan fingerprint density at radius 2 is 1.71 bits per heavy atom. The summed E-state index contributed by atoms with van der Waals surface area (Å²) >= 11 is 0. The van der Waals surface area contributed by atoms with Crippen LogP contribution in [0.4, 0.5) is 4.79 Å². The second kappa shape index (κ2) is 10.7. The zero-order valence-corrected chi connectivity index (χ0v) is 20.1. The van der Waals surface area contributed by atoms with Gasteiger partial charge in [-0.25, -0.2) is 4.79 Å². The normalized spacial score (nSPS) is 16.3. The Balaban J connectivity index is 1.34. The molecule has 1 heterocycles. The first-order valence-corrected chi connectivity index (χ1v) is 11.8. The summed E-state index contributed by atoms with van der Waals surface area (Å²) in [6.45, 7) is 0.884. The van der Waals surface area contributed by atoms with E-state index in [1.165, 1.54) is 19.1 Å². The van der Waals surface area contributed by atoms with Gasteiger partial charge in [-0.05, 0) is 37.0 Å². The molecule has 1 aliphatic carbocycles. The van der Waals surface area contributed by atoms with Crippen LogP contribution in [0.2, 0.25) is 0 Å². The first-order valence-electron chi connectivity index (χ1n) is 11.8. The third kappa shape index (κ3) is 5.18. The highest BCUT2D eigenvalue weighted by atomic mass is 16.5. The van der Waals surface area contributed by atoms with Crippen molar-refractivity contribution in [2.24, 2.45) is 0 Å². The lowest BCUT2D eigenvalue weighted by molar-refractivity contribution is -0.131. The number of urea groups is 1. The second-order valence-electron chi connectivity index (χ2n) is 8.77. The number of hydrogen-bond acceptors (Lipinski definition) is 6. The number of carbonyl (C=O) groups is 3. The van der Waals surface area contributed by atoms with E-state index in [9.17, 15) is 14.4 Å². The molecule has 1 spiro atoms. The van der Waals surface area contributed by atoms with Gasteiger partial charge in [-0.2, -0.15) is 0 Å². The maximum Gasteiger partial charge on any atom is 0.325 e. The van der Waals surface area contributed by atoms with Crippen molar-refractivity contribution in [2.75, 3.05) is 27.3 Å². The monoisotopic (exact) mass is 481 g/mol. The van der Waals surface area contributed by atoms with Crippen LogP contribution in [-0.4, -0.2) is 55.6 Å². The molecule has 35 heavy (non-hydrogen) atoms. The van der Waals surface area contributed by atoms with E-state index in [1.54, 1.807) is 12.1 Å². The molecule has 4 amide bonds. The molecule has 1 saturated carbocycles. The van der Waals surface area contributed by atoms with Crippen LogP contribution in [0.1, 0.15) is 48.0 Å². The first-order chi connectivity index (χ1) is 17.0. The Bertz CT molecular complexity index is 1060. The van der Waals surface area contributed by atoms with Crippen molar-refractivity contribution in [1.82, 2.24) is 15.5 Å². The maximum atomic E-state index is 12.8. The SMILES string of the molecule is COc1cc(C(=O)NCCCN2C(=O)NC3(CCCC3)C2=O)cc(OC)c1OCc1ccccc1. The number of nitrogens with zero attached hydrogens (tertiary/aromatic N) is 1. The van der Waals surface area contributed by atoms with E-state index >= 15 is 0 Å². The fourth-order valence-electron chi connectivity index (χ4n) is 4.62. The van der Waals surface area contributed by atoms with E-state index in [-0.39, 0.29) is 24.4 Å². The minimum atomic E-state index is -0.711. The molecular weight excluding hydrogens is 450 g/mol. The van der Waals surface area contributed by atoms with E-state index in [0.717, 1.165) is 18.4 Å². The van der Waals surface area contributed by atoms with Crippen molar-refractivity contribution in [2.45, 2.75) is 44.2 Å². The second-order valence-corrected chi connectivity index (χ2v) is 8.77. The molecular formula is C26H31N3O6. The van der Waals surface area contributed by atoms with Gasteiger partial charge in [-0.15, -0.1) is 0 Å². The summed E-state index contributed by atoms with van der Waals surface area (Å²) in [5.41, 5.74) is 0.630. The number of nitrogens with one attached hydrogen (secondary N) is 2. The number of rotatable bonds is 10. The summed E-state index contributed by atoms with van der Waals surface area (Å²) in [6, 6.07) is 12.5. The Labute approximate surface area is 204 Å². The van der Waals surface area contributed by atoms with Crippen LogP contribution in [-0.2, 0) is 11.4 Å². The molecule has 9 heteroatoms. The summed E-state index contributed by atoms with van der Waals surface area (Å²) in [4.78, 5) is 39.0. The smallest absolute Gasteiger partial charge is 0.325 e. The number of amides is 4. The number of methoxy groups -OCH3 is 2. The topological polar surface area (TPSA) is 106 Å². The number of carbonyl (C=O) groups excluding carboxylic acids is 3. The number of imide groups is 1. The largest absolute Gasteiger partial charge is 0.493 e. The van der Waals surface area contributed by atoms with Gasteiger partial charge in [-0.1, -0.05) is 43.2 Å². The molecule has 2 aromatic carbocycles. The van der Waals surface area contributed by atoms with Crippen LogP contribution in [0, 0.1) is 0 Å². The summed E-state index contributed by atoms with van der Waals surface area (Å²) in [5, 5.41) is 5.70. The van der Waals surface area contributed by atoms with Gasteiger partial charge in [0.2, 0.25) is 5.75 Å². The van der Waals surface area contributed by atoms with Crippen molar-refractivity contribution >= 4 is 17.8 Å². The van der Waals surface area contributed by atoms with E-state index in [2.05, 4.69) is 10.6 Å². The molecule has 4 rings (SSSR count). The van der Waals surface area contributed by atoms with Crippen LogP contribution in [0.3, 0.4) is 0 Å². The molecule has 2 fully saturated rings. The summed E-state index contributed by atoms with van der Waals surface area (Å²) in [6.07, 6.45) is 3.73. The molecule has 0 aromatic heterocycles. The van der Waals surface area contributed by atoms with Crippen molar-refractivity contribution < 1.29 is 28.6 Å². The molecule has 186 valence electrons. The first kappa shape index (κ1) is 24.4. The van der Waals surface area contributed by atoms with E-state index in [0.29, 0.717) is 55.2 Å². The van der Waals surface area contributed by atoms with Crippen molar-refractivity contribution in [3.05, 3.63) is 53.6 Å². The third-order valence-electron chi connectivity index (χ3n) is 6.50. The summed E-state index contributed by atoms with van der Waals surface area (Å²) in [7, 11) is 3.00. The van der Waals surface area contributed by atoms with E-state index in [4.69, 9.17) is 14.2 Å². The van der Waals surface area contributed by atoms with Gasteiger partial charge in [0.1, 0.15) is 12.1 Å². The zero-order chi connectivity index (χ0) is 24.8. The predicted molar refractivity (Wildman–Crippen MR) is 129 cm³/mol. The number of ether oxygens (including phenoxy) is 3. The minimum Gasteiger partial charge on any atom is -0.493 e. The maximum absolute atomic E-state index is 12.8. The molecule has 2 N–H and O–H groups in total. The highest BCUT2D eigenvalue weighted by Gasteiger charge is 2.51. The quantitative estimate of drug-likeness (QED) is 0.399. The zero-order valence-electron chi connectivity index (χ0n) is 20.1. The van der Waals surface area contributed by atoms with Gasteiger partial charge in [0.05, 0.1) is 14.2 Å². The molecule has 0 unspecified atom stereocenters. The molecule has 0 bridgehead atoms. The van der Waals surface area contributed by atoms with Crippen LogP contribution >= 0.6 is 0 Å². The van der Waals surface area contributed by atoms with Crippen LogP contribution in [0.25, 0.3) is 0 Å². The molecule has 2 aliphatic rings. The summed E-state index contributed by atoms with van der Waals surface area (Å²) < 4.78 is 16.8. The van der Waals surface area contributed by atoms with Crippen molar-refractivity contribution in [3.8, 4) is 17.2 Å². The minimum absolute atomic E-state index is 0.146. The Morgan fingerprint density at radius 3 is 2.34 bits per heavy atom. The highest BCUT2D eigenvalue weighted by molar-refractivity contribution is 6.07. The lowest BCUT2D eigenvalue weighted by Crippen LogP contribution is -2.44. The van der Waals surface area contributed by atoms with Crippen LogP contribution in [0.5, 0.6) is 17.2 Å². The molecule has 1 saturated heterocycles. The van der Waals surface area contributed by atoms with E-state index in [1.807, 2.05) is 30.3 Å². The Kier molecular flexibility index (Phi) is 7.43. The van der Waals surface area contributed by atoms with Gasteiger partial charge >= 0.3 is 6.03 Å². The summed E-state index contributed by atoms with van der Waals surface area (Å²) in [5.74, 6) is 0.709. The number of benzene rings is 2. The predicted octanol–water partition coefficient (Wildman–Crippen LogP) is 3.27. The Hall–Kier alpha value is -3.75. The lowest BCUT2D eigenvalue weighted by Gasteiger charge is -2.20. The third-order valence-corrected chi connectivity index (χ3v) is 6.50. The van der Waals surface area contributed by atoms with E-state index < -0.39 is 5.54 Å². The molecule has 2 aromatic rings. The van der Waals surface area contributed by atoms with Gasteiger partial charge < -0.3 is 24.8 Å². The van der Waals surface area contributed by atoms with Crippen molar-refractivity contribution in [1.29, 1.82) is 0 Å². The molecule has 0 radical (unpaired) electrons. The fourth-order valence-corrected chi connectivity index (χ4v) is 4.62. The van der Waals surface area contributed by atoms with Crippen LogP contribution < -0.4 is 24.8 Å². The lowest BCUT2D eigenvalue weighted by atomic mass is 9.98. The van der Waals surface area contributed by atoms with Gasteiger partial charge in [-0.3, -0.25) is 14.5 Å². The Morgan fingerprint density at radius 1 is 1.06 bits per heavy atom. The fraction of sp³-hybridized carbons (Fsp3) is 0.423. The van der Waals surface area contributed by atoms with Gasteiger partial charge in [0.15, 0.2) is 11.5 Å². The van der Waals surface area contributed by atoms with Crippen molar-refractivity contribution in [3.63, 3.8) is 0 Å². The average molecular weight is 482 g/mol. The molecule has 1 aliphatic heterocycles. The number of hydrogen-bond donors (Lipinski definition) is 2. The standard InChI is InChI=1S/C26H31N3O6/c1-33-20-15-19(16-21(34-2)22(20)35-17-18-9-4-3-5-10-18)23(30)27-13-8-14-29-24(31)26(28-25(29)32)11-6-7-12-26/h3-5,9-10,15-16H,6-8,11-14,17H2,1-2H3,(H,27,30)(H,28,32). The highest BCUT2D eigenvalue weighted by Crippen LogP contribution is 2.39. The molecule has 9 nitrogen and oxygen atoms in total. The van der Waals surface area contributed by atoms with Gasteiger partial charge in [0.25, 0.3) is 11.8 Å². The average Bonchev–Trinajstić information content (AvgIpc) is 3.44. The van der Waals surface area contributed by atoms with Crippen LogP contribution in [0.15, 0.2) is 42.5 Å².